The second-order valence-corrected chi connectivity index (χ2v) is 10.4. The molecule has 2 aromatic rings. The maximum atomic E-state index is 12.8. The van der Waals surface area contributed by atoms with Crippen LogP contribution in [-0.2, 0) is 22.9 Å². The molecule has 0 atom stereocenters. The van der Waals surface area contributed by atoms with E-state index in [1.807, 2.05) is 6.07 Å². The molecule has 1 aliphatic carbocycles. The average Bonchev–Trinajstić information content (AvgIpc) is 3.12. The third kappa shape index (κ3) is 3.78. The zero-order valence-corrected chi connectivity index (χ0v) is 17.2. The van der Waals surface area contributed by atoms with Crippen molar-refractivity contribution in [3.8, 4) is 0 Å². The SMILES string of the molecule is O=C(c1cc2c(s1)CCCC2)N1CCN(S(=O)(=O)c2ccc(Cl)cc2)CC1. The number of aryl methyl sites for hydroxylation is 2. The number of carbonyl (C=O) groups excluding carboxylic acids is 1. The van der Waals surface area contributed by atoms with Gasteiger partial charge < -0.3 is 4.90 Å². The van der Waals surface area contributed by atoms with E-state index in [4.69, 9.17) is 11.6 Å². The first-order chi connectivity index (χ1) is 12.9. The number of rotatable bonds is 3. The van der Waals surface area contributed by atoms with Gasteiger partial charge in [0.2, 0.25) is 10.0 Å². The van der Waals surface area contributed by atoms with Gasteiger partial charge in [-0.1, -0.05) is 11.6 Å². The number of hydrogen-bond donors (Lipinski definition) is 0. The average molecular weight is 425 g/mol. The van der Waals surface area contributed by atoms with Gasteiger partial charge in [0.1, 0.15) is 0 Å². The number of carbonyl (C=O) groups is 1. The highest BCUT2D eigenvalue weighted by atomic mass is 35.5. The molecule has 1 saturated heterocycles. The van der Waals surface area contributed by atoms with Gasteiger partial charge in [0, 0.05) is 36.1 Å². The monoisotopic (exact) mass is 424 g/mol. The van der Waals surface area contributed by atoms with Gasteiger partial charge in [0.15, 0.2) is 0 Å². The largest absolute Gasteiger partial charge is 0.335 e. The molecule has 2 aliphatic rings. The number of nitrogens with zero attached hydrogens (tertiary/aromatic N) is 2. The molecule has 4 rings (SSSR count). The van der Waals surface area contributed by atoms with Gasteiger partial charge in [-0.15, -0.1) is 11.3 Å². The molecule has 0 spiro atoms. The Hall–Kier alpha value is -1.41. The maximum Gasteiger partial charge on any atom is 0.264 e. The van der Waals surface area contributed by atoms with Gasteiger partial charge in [-0.25, -0.2) is 8.42 Å². The van der Waals surface area contributed by atoms with Crippen molar-refractivity contribution < 1.29 is 13.2 Å². The minimum absolute atomic E-state index is 0.0259. The number of amides is 1. The Bertz CT molecular complexity index is 922. The van der Waals surface area contributed by atoms with Crippen LogP contribution in [0.4, 0.5) is 0 Å². The summed E-state index contributed by atoms with van der Waals surface area (Å²) in [4.78, 5) is 17.0. The summed E-state index contributed by atoms with van der Waals surface area (Å²) in [6, 6.07) is 8.23. The molecule has 0 radical (unpaired) electrons. The van der Waals surface area contributed by atoms with E-state index in [0.717, 1.165) is 17.7 Å². The number of benzene rings is 1. The van der Waals surface area contributed by atoms with Crippen molar-refractivity contribution in [3.63, 3.8) is 0 Å². The molecule has 8 heteroatoms. The van der Waals surface area contributed by atoms with Crippen molar-refractivity contribution in [2.45, 2.75) is 30.6 Å². The van der Waals surface area contributed by atoms with Crippen molar-refractivity contribution in [1.82, 2.24) is 9.21 Å². The molecule has 144 valence electrons. The lowest BCUT2D eigenvalue weighted by Gasteiger charge is -2.33. The summed E-state index contributed by atoms with van der Waals surface area (Å²) in [5, 5.41) is 0.503. The number of piperazine rings is 1. The van der Waals surface area contributed by atoms with Gasteiger partial charge in [-0.3, -0.25) is 4.79 Å². The molecule has 1 fully saturated rings. The normalized spacial score (nSPS) is 18.3. The molecule has 1 aliphatic heterocycles. The molecule has 1 amide bonds. The molecule has 1 aromatic heterocycles. The van der Waals surface area contributed by atoms with E-state index >= 15 is 0 Å². The second kappa shape index (κ2) is 7.54. The number of thiophene rings is 1. The minimum atomic E-state index is -3.56. The zero-order valence-electron chi connectivity index (χ0n) is 14.9. The highest BCUT2D eigenvalue weighted by Crippen LogP contribution is 2.30. The molecule has 1 aromatic carbocycles. The van der Waals surface area contributed by atoms with Crippen LogP contribution < -0.4 is 0 Å². The molecule has 0 unspecified atom stereocenters. The van der Waals surface area contributed by atoms with Crippen LogP contribution in [0.5, 0.6) is 0 Å². The quantitative estimate of drug-likeness (QED) is 0.758. The van der Waals surface area contributed by atoms with E-state index in [9.17, 15) is 13.2 Å². The van der Waals surface area contributed by atoms with Crippen molar-refractivity contribution >= 4 is 38.9 Å². The van der Waals surface area contributed by atoms with Crippen LogP contribution in [0.2, 0.25) is 5.02 Å². The Morgan fingerprint density at radius 1 is 1.00 bits per heavy atom. The summed E-state index contributed by atoms with van der Waals surface area (Å²) >= 11 is 7.45. The maximum absolute atomic E-state index is 12.8. The summed E-state index contributed by atoms with van der Waals surface area (Å²) in [7, 11) is -3.56. The van der Waals surface area contributed by atoms with Gasteiger partial charge in [0.05, 0.1) is 9.77 Å². The first kappa shape index (κ1) is 18.9. The summed E-state index contributed by atoms with van der Waals surface area (Å²) in [6.07, 6.45) is 4.52. The molecule has 0 bridgehead atoms. The fourth-order valence-corrected chi connectivity index (χ4v) is 6.41. The summed E-state index contributed by atoms with van der Waals surface area (Å²) in [5.74, 6) is 0.0259. The summed E-state index contributed by atoms with van der Waals surface area (Å²) in [5.41, 5.74) is 1.32. The Kier molecular flexibility index (Phi) is 5.29. The van der Waals surface area contributed by atoms with Gasteiger partial charge in [-0.05, 0) is 61.6 Å². The molecule has 0 N–H and O–H groups in total. The third-order valence-electron chi connectivity index (χ3n) is 5.18. The van der Waals surface area contributed by atoms with E-state index < -0.39 is 10.0 Å². The van der Waals surface area contributed by atoms with E-state index in [2.05, 4.69) is 0 Å². The van der Waals surface area contributed by atoms with Crippen LogP contribution in [0.1, 0.15) is 33.0 Å². The zero-order chi connectivity index (χ0) is 19.0. The standard InChI is InChI=1S/C19H21ClN2O3S2/c20-15-5-7-16(8-6-15)27(24,25)22-11-9-21(10-12-22)19(23)18-13-14-3-1-2-4-17(14)26-18/h5-8,13H,1-4,9-12H2. The minimum Gasteiger partial charge on any atom is -0.335 e. The first-order valence-corrected chi connectivity index (χ1v) is 11.8. The van der Waals surface area contributed by atoms with E-state index in [-0.39, 0.29) is 10.8 Å². The number of hydrogen-bond acceptors (Lipinski definition) is 4. The highest BCUT2D eigenvalue weighted by Gasteiger charge is 2.31. The summed E-state index contributed by atoms with van der Waals surface area (Å²) in [6.45, 7) is 1.44. The molecule has 27 heavy (non-hydrogen) atoms. The van der Waals surface area contributed by atoms with Crippen LogP contribution in [-0.4, -0.2) is 49.7 Å². The highest BCUT2D eigenvalue weighted by molar-refractivity contribution is 7.89. The number of fused-ring (bicyclic) bond motifs is 1. The number of halogens is 1. The lowest BCUT2D eigenvalue weighted by atomic mass is 9.99. The molecular weight excluding hydrogens is 404 g/mol. The van der Waals surface area contributed by atoms with E-state index in [1.54, 1.807) is 28.4 Å². The van der Waals surface area contributed by atoms with Crippen LogP contribution in [0, 0.1) is 0 Å². The second-order valence-electron chi connectivity index (χ2n) is 6.92. The van der Waals surface area contributed by atoms with Crippen LogP contribution >= 0.6 is 22.9 Å². The Balaban J connectivity index is 1.43. The van der Waals surface area contributed by atoms with Crippen LogP contribution in [0.25, 0.3) is 0 Å². The summed E-state index contributed by atoms with van der Waals surface area (Å²) < 4.78 is 27.0. The molecule has 5 nitrogen and oxygen atoms in total. The Morgan fingerprint density at radius 3 is 2.33 bits per heavy atom. The molecule has 2 heterocycles. The fraction of sp³-hybridized carbons (Fsp3) is 0.421. The topological polar surface area (TPSA) is 57.7 Å². The third-order valence-corrected chi connectivity index (χ3v) is 8.57. The van der Waals surface area contributed by atoms with Crippen molar-refractivity contribution in [2.24, 2.45) is 0 Å². The van der Waals surface area contributed by atoms with Crippen LogP contribution in [0.3, 0.4) is 0 Å². The van der Waals surface area contributed by atoms with Gasteiger partial charge in [-0.2, -0.15) is 4.31 Å². The molecule has 0 saturated carbocycles. The lowest BCUT2D eigenvalue weighted by Crippen LogP contribution is -2.50. The predicted molar refractivity (Wildman–Crippen MR) is 107 cm³/mol. The number of sulfonamides is 1. The van der Waals surface area contributed by atoms with Gasteiger partial charge in [0.25, 0.3) is 5.91 Å². The van der Waals surface area contributed by atoms with Crippen molar-refractivity contribution in [3.05, 3.63) is 50.7 Å². The fourth-order valence-electron chi connectivity index (χ4n) is 3.64. The van der Waals surface area contributed by atoms with Crippen molar-refractivity contribution in [1.29, 1.82) is 0 Å². The Labute approximate surface area is 168 Å². The lowest BCUT2D eigenvalue weighted by molar-refractivity contribution is 0.0702. The van der Waals surface area contributed by atoms with E-state index in [0.29, 0.717) is 31.2 Å². The smallest absolute Gasteiger partial charge is 0.264 e. The van der Waals surface area contributed by atoms with E-state index in [1.165, 1.54) is 39.7 Å². The Morgan fingerprint density at radius 2 is 1.67 bits per heavy atom. The van der Waals surface area contributed by atoms with Crippen molar-refractivity contribution in [2.75, 3.05) is 26.2 Å². The van der Waals surface area contributed by atoms with Gasteiger partial charge >= 0.3 is 0 Å². The first-order valence-electron chi connectivity index (χ1n) is 9.12. The van der Waals surface area contributed by atoms with Crippen LogP contribution in [0.15, 0.2) is 35.2 Å². The predicted octanol–water partition coefficient (Wildman–Crippen LogP) is 3.43. The molecular formula is C19H21ClN2O3S2.